The summed E-state index contributed by atoms with van der Waals surface area (Å²) in [6, 6.07) is 20.1. The summed E-state index contributed by atoms with van der Waals surface area (Å²) in [5.41, 5.74) is 13.1. The SMILES string of the molecule is C.Cc1cc2c(cc1-c1cc(/C=C/C(=O)O)ccc1O)C(C)(C)COC2(C)C.Cc1ccc(/C=C/C(=O)O)cc1-c1cc2c(cc1C)C(C)(C)OCC2(C)C. The van der Waals surface area contributed by atoms with Crippen LogP contribution in [0, 0.1) is 20.8 Å². The maximum absolute atomic E-state index is 10.8. The van der Waals surface area contributed by atoms with Crippen LogP contribution in [0.15, 0.2) is 72.8 Å². The third-order valence-corrected chi connectivity index (χ3v) is 10.8. The first-order valence-electron chi connectivity index (χ1n) is 18.4. The molecule has 0 aromatic heterocycles. The van der Waals surface area contributed by atoms with E-state index in [0.29, 0.717) is 18.8 Å². The number of ether oxygens (including phenoxy) is 2. The zero-order valence-corrected chi connectivity index (χ0v) is 33.5. The maximum atomic E-state index is 10.8. The van der Waals surface area contributed by atoms with E-state index in [2.05, 4.69) is 99.6 Å². The predicted octanol–water partition coefficient (Wildman–Crippen LogP) is 11.3. The second-order valence-electron chi connectivity index (χ2n) is 17.0. The quantitative estimate of drug-likeness (QED) is 0.168. The minimum absolute atomic E-state index is 0. The average molecular weight is 747 g/mol. The molecule has 0 unspecified atom stereocenters. The fourth-order valence-corrected chi connectivity index (χ4v) is 7.39. The molecule has 2 aliphatic heterocycles. The summed E-state index contributed by atoms with van der Waals surface area (Å²) < 4.78 is 12.2. The lowest BCUT2D eigenvalue weighted by atomic mass is 9.73. The average Bonchev–Trinajstić information content (AvgIpc) is 3.08. The van der Waals surface area contributed by atoms with Gasteiger partial charge in [-0.1, -0.05) is 65.5 Å². The molecule has 55 heavy (non-hydrogen) atoms. The molecule has 0 radical (unpaired) electrons. The van der Waals surface area contributed by atoms with Crippen molar-refractivity contribution >= 4 is 24.1 Å². The molecule has 7 nitrogen and oxygen atoms in total. The van der Waals surface area contributed by atoms with Crippen molar-refractivity contribution in [2.75, 3.05) is 13.2 Å². The number of carboxylic acids is 2. The molecule has 292 valence electrons. The van der Waals surface area contributed by atoms with Gasteiger partial charge < -0.3 is 24.8 Å². The van der Waals surface area contributed by atoms with Gasteiger partial charge in [-0.2, -0.15) is 0 Å². The van der Waals surface area contributed by atoms with Crippen molar-refractivity contribution in [1.82, 2.24) is 0 Å². The monoisotopic (exact) mass is 746 g/mol. The number of carboxylic acid groups (broad SMARTS) is 2. The minimum atomic E-state index is -1.00. The second kappa shape index (κ2) is 15.6. The Balaban J connectivity index is 0.000000240. The molecule has 3 N–H and O–H groups in total. The molecule has 0 saturated heterocycles. The molecule has 0 spiro atoms. The molecule has 6 rings (SSSR count). The van der Waals surface area contributed by atoms with Gasteiger partial charge in [0.05, 0.1) is 24.4 Å². The fraction of sp³-hybridized carbons (Fsp3) is 0.375. The van der Waals surface area contributed by atoms with E-state index in [1.54, 1.807) is 18.2 Å². The number of aryl methyl sites for hydroxylation is 3. The van der Waals surface area contributed by atoms with Crippen LogP contribution in [0.3, 0.4) is 0 Å². The van der Waals surface area contributed by atoms with Crippen LogP contribution >= 0.6 is 0 Å². The van der Waals surface area contributed by atoms with E-state index in [-0.39, 0.29) is 35.2 Å². The number of aliphatic carboxylic acids is 2. The lowest BCUT2D eigenvalue weighted by molar-refractivity contribution is -0.132. The van der Waals surface area contributed by atoms with Crippen LogP contribution in [0.25, 0.3) is 34.4 Å². The summed E-state index contributed by atoms with van der Waals surface area (Å²) >= 11 is 0. The standard InChI is InChI=1S/C24H28O3.C23H26O4.CH4/c1-15-7-8-17(9-10-22(25)26)12-18(15)19-13-20-21(11-16(19)2)24(5,6)27-14-23(20,3)4;1-14-10-19-18(22(2,3)13-27-23(19,4)5)12-16(14)17-11-15(6-8-20(17)24)7-9-21(25)26;/h7-13H,14H2,1-6H3,(H,25,26);6-12,24H,13H2,1-5H3,(H,25,26);1H4/b10-9+;9-7+;. The third kappa shape index (κ3) is 9.12. The molecule has 0 saturated carbocycles. The number of hydrogen-bond acceptors (Lipinski definition) is 5. The highest BCUT2D eigenvalue weighted by atomic mass is 16.5. The zero-order valence-electron chi connectivity index (χ0n) is 33.5. The zero-order chi connectivity index (χ0) is 40.0. The maximum Gasteiger partial charge on any atom is 0.328 e. The van der Waals surface area contributed by atoms with Crippen molar-refractivity contribution in [3.63, 3.8) is 0 Å². The van der Waals surface area contributed by atoms with Gasteiger partial charge in [-0.3, -0.25) is 0 Å². The van der Waals surface area contributed by atoms with E-state index in [9.17, 15) is 14.7 Å². The first-order valence-corrected chi connectivity index (χ1v) is 18.4. The molecule has 4 aromatic carbocycles. The van der Waals surface area contributed by atoms with Crippen molar-refractivity contribution in [2.45, 2.75) is 106 Å². The molecular formula is C48H58O7. The molecule has 4 aromatic rings. The Kier molecular flexibility index (Phi) is 12.2. The number of rotatable bonds is 6. The Morgan fingerprint density at radius 2 is 0.927 bits per heavy atom. The van der Waals surface area contributed by atoms with Crippen LogP contribution in [-0.4, -0.2) is 40.5 Å². The number of phenols is 1. The van der Waals surface area contributed by atoms with Gasteiger partial charge in [0.1, 0.15) is 5.75 Å². The summed E-state index contributed by atoms with van der Waals surface area (Å²) in [6.07, 6.45) is 5.44. The predicted molar refractivity (Wildman–Crippen MR) is 224 cm³/mol. The summed E-state index contributed by atoms with van der Waals surface area (Å²) in [5.74, 6) is -1.76. The van der Waals surface area contributed by atoms with Gasteiger partial charge in [0.2, 0.25) is 0 Å². The number of aromatic hydroxyl groups is 1. The summed E-state index contributed by atoms with van der Waals surface area (Å²) in [7, 11) is 0. The van der Waals surface area contributed by atoms with Gasteiger partial charge in [0.25, 0.3) is 0 Å². The molecule has 0 fully saturated rings. The highest BCUT2D eigenvalue weighted by Gasteiger charge is 2.40. The molecule has 0 aliphatic carbocycles. The Hall–Kier alpha value is -4.98. The normalized spacial score (nSPS) is 17.4. The largest absolute Gasteiger partial charge is 0.507 e. The van der Waals surface area contributed by atoms with Crippen LogP contribution in [0.1, 0.15) is 113 Å². The van der Waals surface area contributed by atoms with Crippen LogP contribution in [0.4, 0.5) is 0 Å². The highest BCUT2D eigenvalue weighted by molar-refractivity contribution is 5.87. The van der Waals surface area contributed by atoms with Crippen molar-refractivity contribution in [3.05, 3.63) is 123 Å². The minimum Gasteiger partial charge on any atom is -0.507 e. The smallest absolute Gasteiger partial charge is 0.328 e. The van der Waals surface area contributed by atoms with Crippen molar-refractivity contribution < 1.29 is 34.4 Å². The van der Waals surface area contributed by atoms with Crippen molar-refractivity contribution in [1.29, 1.82) is 0 Å². The Bertz CT molecular complexity index is 2020. The molecule has 0 bridgehead atoms. The fourth-order valence-electron chi connectivity index (χ4n) is 7.39. The molecule has 0 amide bonds. The van der Waals surface area contributed by atoms with E-state index in [1.165, 1.54) is 51.1 Å². The first-order chi connectivity index (χ1) is 25.0. The number of phenolic OH excluding ortho intramolecular Hbond substituents is 1. The molecule has 2 aliphatic rings. The number of fused-ring (bicyclic) bond motifs is 2. The first kappa shape index (κ1) is 42.8. The van der Waals surface area contributed by atoms with Gasteiger partial charge in [-0.05, 0) is 158 Å². The van der Waals surface area contributed by atoms with E-state index in [0.717, 1.165) is 33.9 Å². The molecule has 2 heterocycles. The van der Waals surface area contributed by atoms with Gasteiger partial charge in [-0.15, -0.1) is 0 Å². The van der Waals surface area contributed by atoms with Gasteiger partial charge in [0, 0.05) is 28.5 Å². The van der Waals surface area contributed by atoms with Gasteiger partial charge in [-0.25, -0.2) is 9.59 Å². The van der Waals surface area contributed by atoms with Crippen molar-refractivity contribution in [2.24, 2.45) is 0 Å². The molecule has 7 heteroatoms. The Morgan fingerprint density at radius 1 is 0.545 bits per heavy atom. The highest BCUT2D eigenvalue weighted by Crippen LogP contribution is 2.46. The van der Waals surface area contributed by atoms with Crippen LogP contribution in [-0.2, 0) is 41.1 Å². The number of hydrogen-bond donors (Lipinski definition) is 3. The number of carbonyl (C=O) groups is 2. The second-order valence-corrected chi connectivity index (χ2v) is 17.0. The van der Waals surface area contributed by atoms with Crippen LogP contribution < -0.4 is 0 Å². The van der Waals surface area contributed by atoms with Crippen LogP contribution in [0.2, 0.25) is 0 Å². The lowest BCUT2D eigenvalue weighted by Gasteiger charge is -2.42. The topological polar surface area (TPSA) is 113 Å². The van der Waals surface area contributed by atoms with E-state index >= 15 is 0 Å². The summed E-state index contributed by atoms with van der Waals surface area (Å²) in [5, 5.41) is 28.2. The molecular weight excluding hydrogens is 689 g/mol. The summed E-state index contributed by atoms with van der Waals surface area (Å²) in [4.78, 5) is 21.6. The third-order valence-electron chi connectivity index (χ3n) is 10.8. The van der Waals surface area contributed by atoms with Gasteiger partial charge >= 0.3 is 11.9 Å². The Morgan fingerprint density at radius 3 is 1.36 bits per heavy atom. The summed E-state index contributed by atoms with van der Waals surface area (Å²) in [6.45, 7) is 24.7. The van der Waals surface area contributed by atoms with Gasteiger partial charge in [0.15, 0.2) is 0 Å². The van der Waals surface area contributed by atoms with E-state index in [1.807, 2.05) is 25.1 Å². The number of benzene rings is 4. The lowest BCUT2D eigenvalue weighted by Crippen LogP contribution is -2.40. The van der Waals surface area contributed by atoms with Crippen LogP contribution in [0.5, 0.6) is 5.75 Å². The van der Waals surface area contributed by atoms with E-state index in [4.69, 9.17) is 19.7 Å². The van der Waals surface area contributed by atoms with Crippen molar-refractivity contribution in [3.8, 4) is 28.0 Å². The van der Waals surface area contributed by atoms with E-state index < -0.39 is 11.9 Å². The molecule has 0 atom stereocenters. The Labute approximate surface area is 327 Å².